The number of hydrogen-bond donors (Lipinski definition) is 3. The molecule has 3 N–H and O–H groups in total. The van der Waals surface area contributed by atoms with Gasteiger partial charge in [0.1, 0.15) is 11.6 Å². The molecule has 6 heteroatoms. The number of aromatic amines is 1. The Morgan fingerprint density at radius 3 is 2.61 bits per heavy atom. The molecule has 3 rings (SSSR count). The minimum atomic E-state index is -0.0272. The highest BCUT2D eigenvalue weighted by molar-refractivity contribution is 7.80. The lowest BCUT2D eigenvalue weighted by molar-refractivity contribution is 0.415. The third-order valence-corrected chi connectivity index (χ3v) is 3.73. The number of rotatable bonds is 4. The van der Waals surface area contributed by atoms with Crippen LogP contribution in [0.25, 0.3) is 11.0 Å². The van der Waals surface area contributed by atoms with E-state index >= 15 is 0 Å². The summed E-state index contributed by atoms with van der Waals surface area (Å²) in [5.41, 5.74) is 2.87. The van der Waals surface area contributed by atoms with E-state index in [1.54, 1.807) is 7.11 Å². The van der Waals surface area contributed by atoms with E-state index in [4.69, 9.17) is 17.0 Å². The van der Waals surface area contributed by atoms with E-state index in [9.17, 15) is 0 Å². The van der Waals surface area contributed by atoms with Crippen LogP contribution in [0.1, 0.15) is 18.8 Å². The zero-order chi connectivity index (χ0) is 16.2. The molecule has 0 spiro atoms. The predicted molar refractivity (Wildman–Crippen MR) is 96.9 cm³/mol. The summed E-state index contributed by atoms with van der Waals surface area (Å²) in [7, 11) is 1.64. The average Bonchev–Trinajstić information content (AvgIpc) is 2.99. The van der Waals surface area contributed by atoms with Gasteiger partial charge in [-0.05, 0) is 55.5 Å². The van der Waals surface area contributed by atoms with Gasteiger partial charge in [0.15, 0.2) is 5.11 Å². The lowest BCUT2D eigenvalue weighted by atomic mass is 10.3. The van der Waals surface area contributed by atoms with Crippen LogP contribution in [0.3, 0.4) is 0 Å². The Bertz CT molecular complexity index is 780. The van der Waals surface area contributed by atoms with Crippen molar-refractivity contribution in [1.29, 1.82) is 0 Å². The Hall–Kier alpha value is -2.60. The average molecular weight is 326 g/mol. The molecule has 0 amide bonds. The number of H-pyrrole nitrogens is 1. The first kappa shape index (κ1) is 15.3. The standard InChI is InChI=1S/C17H18N4OS/c1-11(16-20-14-5-3-4-6-15(14)21-16)18-17(23)19-12-7-9-13(22-2)10-8-12/h3-11H,1-2H3,(H,20,21)(H2,18,19,23). The lowest BCUT2D eigenvalue weighted by Crippen LogP contribution is -2.31. The predicted octanol–water partition coefficient (Wildman–Crippen LogP) is 3.62. The van der Waals surface area contributed by atoms with E-state index in [0.29, 0.717) is 5.11 Å². The number of anilines is 1. The van der Waals surface area contributed by atoms with E-state index in [0.717, 1.165) is 28.3 Å². The van der Waals surface area contributed by atoms with Crippen LogP contribution in [0.5, 0.6) is 5.75 Å². The summed E-state index contributed by atoms with van der Waals surface area (Å²) in [6, 6.07) is 15.5. The quantitative estimate of drug-likeness (QED) is 0.639. The van der Waals surface area contributed by atoms with Crippen molar-refractivity contribution in [3.05, 3.63) is 54.4 Å². The molecule has 0 aliphatic heterocycles. The molecule has 0 bridgehead atoms. The smallest absolute Gasteiger partial charge is 0.171 e. The van der Waals surface area contributed by atoms with Gasteiger partial charge in [0.25, 0.3) is 0 Å². The van der Waals surface area contributed by atoms with Crippen molar-refractivity contribution in [3.8, 4) is 5.75 Å². The van der Waals surface area contributed by atoms with Gasteiger partial charge in [0.2, 0.25) is 0 Å². The molecule has 1 heterocycles. The first-order valence-electron chi connectivity index (χ1n) is 7.32. The number of hydrogen-bond acceptors (Lipinski definition) is 3. The van der Waals surface area contributed by atoms with Gasteiger partial charge in [0, 0.05) is 5.69 Å². The van der Waals surface area contributed by atoms with Crippen molar-refractivity contribution in [1.82, 2.24) is 15.3 Å². The van der Waals surface area contributed by atoms with E-state index in [1.807, 2.05) is 55.5 Å². The molecule has 5 nitrogen and oxygen atoms in total. The molecule has 0 fully saturated rings. The SMILES string of the molecule is COc1ccc(NC(=S)NC(C)c2nc3ccccc3[nH]2)cc1. The fraction of sp³-hybridized carbons (Fsp3) is 0.176. The van der Waals surface area contributed by atoms with Crippen molar-refractivity contribution < 1.29 is 4.74 Å². The van der Waals surface area contributed by atoms with Crippen LogP contribution in [0, 0.1) is 0 Å². The van der Waals surface area contributed by atoms with Gasteiger partial charge >= 0.3 is 0 Å². The summed E-state index contributed by atoms with van der Waals surface area (Å²) in [5, 5.41) is 6.92. The van der Waals surface area contributed by atoms with Crippen molar-refractivity contribution in [2.75, 3.05) is 12.4 Å². The number of methoxy groups -OCH3 is 1. The van der Waals surface area contributed by atoms with Gasteiger partial charge in [-0.1, -0.05) is 12.1 Å². The Morgan fingerprint density at radius 1 is 1.17 bits per heavy atom. The molecular weight excluding hydrogens is 308 g/mol. The van der Waals surface area contributed by atoms with Crippen LogP contribution in [0.2, 0.25) is 0 Å². The van der Waals surface area contributed by atoms with E-state index in [2.05, 4.69) is 20.6 Å². The number of nitrogens with zero attached hydrogens (tertiary/aromatic N) is 1. The van der Waals surface area contributed by atoms with Crippen LogP contribution < -0.4 is 15.4 Å². The lowest BCUT2D eigenvalue weighted by Gasteiger charge is -2.15. The zero-order valence-corrected chi connectivity index (χ0v) is 13.8. The van der Waals surface area contributed by atoms with Crippen molar-refractivity contribution in [2.24, 2.45) is 0 Å². The van der Waals surface area contributed by atoms with Crippen molar-refractivity contribution >= 4 is 34.1 Å². The molecule has 0 aliphatic rings. The van der Waals surface area contributed by atoms with Gasteiger partial charge in [-0.25, -0.2) is 4.98 Å². The fourth-order valence-corrected chi connectivity index (χ4v) is 2.58. The highest BCUT2D eigenvalue weighted by Crippen LogP contribution is 2.17. The third-order valence-electron chi connectivity index (χ3n) is 3.51. The maximum absolute atomic E-state index is 5.36. The molecule has 118 valence electrons. The van der Waals surface area contributed by atoms with Gasteiger partial charge in [-0.3, -0.25) is 0 Å². The number of aromatic nitrogens is 2. The Balaban J connectivity index is 1.64. The Morgan fingerprint density at radius 2 is 1.91 bits per heavy atom. The van der Waals surface area contributed by atoms with Crippen LogP contribution >= 0.6 is 12.2 Å². The largest absolute Gasteiger partial charge is 0.497 e. The van der Waals surface area contributed by atoms with Gasteiger partial charge < -0.3 is 20.4 Å². The molecule has 0 saturated heterocycles. The minimum Gasteiger partial charge on any atom is -0.497 e. The normalized spacial score (nSPS) is 11.9. The third kappa shape index (κ3) is 3.60. The zero-order valence-electron chi connectivity index (χ0n) is 13.0. The van der Waals surface area contributed by atoms with Crippen LogP contribution in [-0.4, -0.2) is 22.2 Å². The first-order chi connectivity index (χ1) is 11.2. The second-order valence-corrected chi connectivity index (χ2v) is 5.60. The van der Waals surface area contributed by atoms with Gasteiger partial charge in [-0.15, -0.1) is 0 Å². The maximum Gasteiger partial charge on any atom is 0.171 e. The molecule has 2 aromatic carbocycles. The topological polar surface area (TPSA) is 62.0 Å². The monoisotopic (exact) mass is 326 g/mol. The maximum atomic E-state index is 5.36. The molecule has 23 heavy (non-hydrogen) atoms. The highest BCUT2D eigenvalue weighted by Gasteiger charge is 2.11. The van der Waals surface area contributed by atoms with E-state index in [-0.39, 0.29) is 6.04 Å². The van der Waals surface area contributed by atoms with Crippen molar-refractivity contribution in [2.45, 2.75) is 13.0 Å². The van der Waals surface area contributed by atoms with Crippen LogP contribution in [0.4, 0.5) is 5.69 Å². The highest BCUT2D eigenvalue weighted by atomic mass is 32.1. The number of ether oxygens (including phenoxy) is 1. The molecule has 0 radical (unpaired) electrons. The number of thiocarbonyl (C=S) groups is 1. The number of nitrogens with one attached hydrogen (secondary N) is 3. The van der Waals surface area contributed by atoms with Crippen LogP contribution in [0.15, 0.2) is 48.5 Å². The van der Waals surface area contributed by atoms with E-state index in [1.165, 1.54) is 0 Å². The van der Waals surface area contributed by atoms with Gasteiger partial charge in [-0.2, -0.15) is 0 Å². The molecule has 1 aromatic heterocycles. The summed E-state index contributed by atoms with van der Waals surface area (Å²) in [6.45, 7) is 2.01. The number of para-hydroxylation sites is 2. The molecule has 1 unspecified atom stereocenters. The molecule has 1 atom stereocenters. The van der Waals surface area contributed by atoms with Crippen LogP contribution in [-0.2, 0) is 0 Å². The molecule has 3 aromatic rings. The Labute approximate surface area is 140 Å². The van der Waals surface area contributed by atoms with Crippen molar-refractivity contribution in [3.63, 3.8) is 0 Å². The fourth-order valence-electron chi connectivity index (χ4n) is 2.28. The summed E-state index contributed by atoms with van der Waals surface area (Å²) >= 11 is 5.36. The Kier molecular flexibility index (Phi) is 4.43. The molecule has 0 saturated carbocycles. The summed E-state index contributed by atoms with van der Waals surface area (Å²) in [4.78, 5) is 7.88. The summed E-state index contributed by atoms with van der Waals surface area (Å²) in [6.07, 6.45) is 0. The summed E-state index contributed by atoms with van der Waals surface area (Å²) in [5.74, 6) is 1.66. The number of benzene rings is 2. The summed E-state index contributed by atoms with van der Waals surface area (Å²) < 4.78 is 5.14. The number of imidazole rings is 1. The second kappa shape index (κ2) is 6.66. The first-order valence-corrected chi connectivity index (χ1v) is 7.73. The van der Waals surface area contributed by atoms with Gasteiger partial charge in [0.05, 0.1) is 24.2 Å². The van der Waals surface area contributed by atoms with E-state index < -0.39 is 0 Å². The number of fused-ring (bicyclic) bond motifs is 1. The minimum absolute atomic E-state index is 0.0272. The molecular formula is C17H18N4OS. The molecule has 0 aliphatic carbocycles. The second-order valence-electron chi connectivity index (χ2n) is 5.19.